The number of morpholine rings is 1. The van der Waals surface area contributed by atoms with Crippen LogP contribution in [0.2, 0.25) is 0 Å². The van der Waals surface area contributed by atoms with Crippen molar-refractivity contribution in [1.82, 2.24) is 20.0 Å². The molecule has 7 nitrogen and oxygen atoms in total. The minimum Gasteiger partial charge on any atom is -0.373 e. The number of amides is 3. The second-order valence-corrected chi connectivity index (χ2v) is 8.88. The van der Waals surface area contributed by atoms with Crippen LogP contribution < -0.4 is 5.32 Å². The van der Waals surface area contributed by atoms with E-state index in [2.05, 4.69) is 42.3 Å². The van der Waals surface area contributed by atoms with Crippen LogP contribution in [0.5, 0.6) is 0 Å². The van der Waals surface area contributed by atoms with Gasteiger partial charge in [-0.05, 0) is 37.8 Å². The zero-order valence-corrected chi connectivity index (χ0v) is 18.8. The van der Waals surface area contributed by atoms with Crippen LogP contribution in [0, 0.1) is 5.92 Å². The van der Waals surface area contributed by atoms with Gasteiger partial charge in [0.25, 0.3) is 0 Å². The Morgan fingerprint density at radius 1 is 1.07 bits per heavy atom. The maximum Gasteiger partial charge on any atom is 0.319 e. The Morgan fingerprint density at radius 2 is 1.67 bits per heavy atom. The zero-order chi connectivity index (χ0) is 21.7. The third-order valence-electron chi connectivity index (χ3n) is 5.98. The van der Waals surface area contributed by atoms with E-state index < -0.39 is 0 Å². The second-order valence-electron chi connectivity index (χ2n) is 8.88. The topological polar surface area (TPSA) is 65.1 Å². The highest BCUT2D eigenvalue weighted by Crippen LogP contribution is 2.20. The van der Waals surface area contributed by atoms with Gasteiger partial charge in [0, 0.05) is 59.3 Å². The number of piperidine rings is 1. The van der Waals surface area contributed by atoms with Gasteiger partial charge in [0.1, 0.15) is 0 Å². The van der Waals surface area contributed by atoms with Crippen molar-refractivity contribution in [3.8, 4) is 0 Å². The van der Waals surface area contributed by atoms with Crippen LogP contribution in [0.25, 0.3) is 0 Å². The first kappa shape index (κ1) is 22.6. The van der Waals surface area contributed by atoms with Crippen LogP contribution in [-0.2, 0) is 22.6 Å². The lowest BCUT2D eigenvalue weighted by Gasteiger charge is -2.35. The molecule has 2 unspecified atom stereocenters. The SMILES string of the molecule is CC1CN(Cc2ccccc2CNC(=O)C2CCN(C(=O)N(C)C)CC2)CC(C)O1. The van der Waals surface area contributed by atoms with Crippen LogP contribution in [0.4, 0.5) is 4.79 Å². The maximum absolute atomic E-state index is 12.7. The van der Waals surface area contributed by atoms with Crippen LogP contribution in [0.15, 0.2) is 24.3 Å². The fourth-order valence-corrected chi connectivity index (χ4v) is 4.48. The van der Waals surface area contributed by atoms with Gasteiger partial charge in [-0.3, -0.25) is 9.69 Å². The quantitative estimate of drug-likeness (QED) is 0.800. The lowest BCUT2D eigenvalue weighted by Crippen LogP contribution is -2.46. The summed E-state index contributed by atoms with van der Waals surface area (Å²) >= 11 is 0. The van der Waals surface area contributed by atoms with Gasteiger partial charge in [0.15, 0.2) is 0 Å². The van der Waals surface area contributed by atoms with Gasteiger partial charge in [-0.15, -0.1) is 0 Å². The molecule has 2 aliphatic rings. The first-order valence-corrected chi connectivity index (χ1v) is 11.0. The van der Waals surface area contributed by atoms with E-state index in [1.54, 1.807) is 19.0 Å². The fourth-order valence-electron chi connectivity index (χ4n) is 4.48. The normalized spacial score (nSPS) is 23.3. The monoisotopic (exact) mass is 416 g/mol. The Bertz CT molecular complexity index is 721. The molecule has 0 saturated carbocycles. The minimum atomic E-state index is -0.0238. The Balaban J connectivity index is 1.51. The number of benzene rings is 1. The molecule has 1 aromatic rings. The number of nitrogens with zero attached hydrogens (tertiary/aromatic N) is 3. The molecule has 0 bridgehead atoms. The summed E-state index contributed by atoms with van der Waals surface area (Å²) in [6, 6.07) is 8.36. The fraction of sp³-hybridized carbons (Fsp3) is 0.652. The third-order valence-corrected chi connectivity index (χ3v) is 5.98. The summed E-state index contributed by atoms with van der Waals surface area (Å²) in [5.74, 6) is 0.0692. The number of rotatable bonds is 5. The van der Waals surface area contributed by atoms with Crippen molar-refractivity contribution in [2.24, 2.45) is 5.92 Å². The molecule has 0 aromatic heterocycles. The van der Waals surface area contributed by atoms with Crippen LogP contribution in [0.3, 0.4) is 0 Å². The molecule has 0 aliphatic carbocycles. The van der Waals surface area contributed by atoms with Crippen molar-refractivity contribution >= 4 is 11.9 Å². The van der Waals surface area contributed by atoms with E-state index in [0.717, 1.165) is 38.0 Å². The van der Waals surface area contributed by atoms with Gasteiger partial charge in [-0.1, -0.05) is 24.3 Å². The summed E-state index contributed by atoms with van der Waals surface area (Å²) in [6.45, 7) is 8.78. The highest BCUT2D eigenvalue weighted by atomic mass is 16.5. The molecule has 0 radical (unpaired) electrons. The molecule has 2 fully saturated rings. The number of carbonyl (C=O) groups is 2. The standard InChI is InChI=1S/C23H36N4O3/c1-17-14-26(15-18(2)30-17)16-21-8-6-5-7-20(21)13-24-22(28)19-9-11-27(12-10-19)23(29)25(3)4/h5-8,17-19H,9-16H2,1-4H3,(H,24,28). The average molecular weight is 417 g/mol. The molecule has 0 spiro atoms. The number of ether oxygens (including phenoxy) is 1. The summed E-state index contributed by atoms with van der Waals surface area (Å²) in [7, 11) is 3.52. The van der Waals surface area contributed by atoms with Crippen LogP contribution >= 0.6 is 0 Å². The molecule has 3 rings (SSSR count). The number of carbonyl (C=O) groups excluding carboxylic acids is 2. The van der Waals surface area contributed by atoms with Gasteiger partial charge < -0.3 is 19.9 Å². The molecule has 30 heavy (non-hydrogen) atoms. The van der Waals surface area contributed by atoms with Crippen LogP contribution in [0.1, 0.15) is 37.8 Å². The average Bonchev–Trinajstić information content (AvgIpc) is 2.71. The Hall–Kier alpha value is -2.12. The van der Waals surface area contributed by atoms with Gasteiger partial charge in [0.05, 0.1) is 12.2 Å². The number of hydrogen-bond donors (Lipinski definition) is 1. The lowest BCUT2D eigenvalue weighted by atomic mass is 9.96. The van der Waals surface area contributed by atoms with Crippen molar-refractivity contribution < 1.29 is 14.3 Å². The first-order chi connectivity index (χ1) is 14.3. The summed E-state index contributed by atoms with van der Waals surface area (Å²) in [6.07, 6.45) is 1.92. The smallest absolute Gasteiger partial charge is 0.319 e. The number of likely N-dealkylation sites (tertiary alicyclic amines) is 1. The predicted octanol–water partition coefficient (Wildman–Crippen LogP) is 2.31. The van der Waals surface area contributed by atoms with Crippen molar-refractivity contribution in [3.05, 3.63) is 35.4 Å². The van der Waals surface area contributed by atoms with Crippen molar-refractivity contribution in [3.63, 3.8) is 0 Å². The molecule has 3 amide bonds. The number of urea groups is 1. The molecular formula is C23H36N4O3. The van der Waals surface area contributed by atoms with E-state index in [0.29, 0.717) is 19.6 Å². The minimum absolute atomic E-state index is 0.0227. The number of hydrogen-bond acceptors (Lipinski definition) is 4. The maximum atomic E-state index is 12.7. The zero-order valence-electron chi connectivity index (χ0n) is 18.8. The van der Waals surface area contributed by atoms with E-state index >= 15 is 0 Å². The lowest BCUT2D eigenvalue weighted by molar-refractivity contribution is -0.126. The predicted molar refractivity (Wildman–Crippen MR) is 117 cm³/mol. The largest absolute Gasteiger partial charge is 0.373 e. The van der Waals surface area contributed by atoms with Crippen LogP contribution in [-0.4, -0.2) is 79.1 Å². The van der Waals surface area contributed by atoms with E-state index in [1.807, 2.05) is 11.0 Å². The molecule has 166 valence electrons. The third kappa shape index (κ3) is 5.95. The Kier molecular flexibility index (Phi) is 7.72. The molecule has 2 heterocycles. The van der Waals surface area contributed by atoms with Crippen molar-refractivity contribution in [1.29, 1.82) is 0 Å². The van der Waals surface area contributed by atoms with E-state index in [-0.39, 0.29) is 30.1 Å². The molecule has 1 aromatic carbocycles. The van der Waals surface area contributed by atoms with Gasteiger partial charge >= 0.3 is 6.03 Å². The van der Waals surface area contributed by atoms with Gasteiger partial charge in [-0.25, -0.2) is 4.79 Å². The van der Waals surface area contributed by atoms with Crippen molar-refractivity contribution in [2.45, 2.75) is 52.0 Å². The summed E-state index contributed by atoms with van der Waals surface area (Å²) in [5.41, 5.74) is 2.42. The molecule has 2 atom stereocenters. The highest BCUT2D eigenvalue weighted by Gasteiger charge is 2.28. The Labute approximate surface area is 180 Å². The molecule has 1 N–H and O–H groups in total. The molecule has 7 heteroatoms. The van der Waals surface area contributed by atoms with Crippen molar-refractivity contribution in [2.75, 3.05) is 40.3 Å². The summed E-state index contributed by atoms with van der Waals surface area (Å²) < 4.78 is 5.84. The molecular weight excluding hydrogens is 380 g/mol. The highest BCUT2D eigenvalue weighted by molar-refractivity contribution is 5.79. The molecule has 2 aliphatic heterocycles. The molecule has 2 saturated heterocycles. The Morgan fingerprint density at radius 3 is 2.27 bits per heavy atom. The summed E-state index contributed by atoms with van der Waals surface area (Å²) in [5, 5.41) is 3.13. The second kappa shape index (κ2) is 10.3. The first-order valence-electron chi connectivity index (χ1n) is 11.0. The van der Waals surface area contributed by atoms with E-state index in [9.17, 15) is 9.59 Å². The van der Waals surface area contributed by atoms with E-state index in [4.69, 9.17) is 4.74 Å². The summed E-state index contributed by atoms with van der Waals surface area (Å²) in [4.78, 5) is 30.6. The van der Waals surface area contributed by atoms with E-state index in [1.165, 1.54) is 5.56 Å². The van der Waals surface area contributed by atoms with Gasteiger partial charge in [0.2, 0.25) is 5.91 Å². The number of nitrogens with one attached hydrogen (secondary N) is 1. The van der Waals surface area contributed by atoms with Gasteiger partial charge in [-0.2, -0.15) is 0 Å².